The molecule has 0 aromatic heterocycles. The first-order valence-corrected chi connectivity index (χ1v) is 6.98. The molecule has 0 radical (unpaired) electrons. The summed E-state index contributed by atoms with van der Waals surface area (Å²) in [5.41, 5.74) is 1.36. The first kappa shape index (κ1) is 13.7. The molecule has 2 rings (SSSR count). The summed E-state index contributed by atoms with van der Waals surface area (Å²) in [6, 6.07) is 6.11. The van der Waals surface area contributed by atoms with E-state index in [-0.39, 0.29) is 5.41 Å². The molecule has 1 aromatic carbocycles. The molecular formula is C15H22ClNO. The second-order valence-electron chi connectivity index (χ2n) is 6.07. The van der Waals surface area contributed by atoms with Crippen molar-refractivity contribution in [1.82, 2.24) is 5.32 Å². The zero-order valence-electron chi connectivity index (χ0n) is 11.4. The van der Waals surface area contributed by atoms with Crippen molar-refractivity contribution >= 4 is 11.6 Å². The summed E-state index contributed by atoms with van der Waals surface area (Å²) in [4.78, 5) is 0. The van der Waals surface area contributed by atoms with Gasteiger partial charge in [-0.3, -0.25) is 0 Å². The Morgan fingerprint density at radius 1 is 1.39 bits per heavy atom. The maximum atomic E-state index is 6.28. The van der Waals surface area contributed by atoms with Crippen molar-refractivity contribution in [3.63, 3.8) is 0 Å². The Kier molecular flexibility index (Phi) is 4.18. The number of rotatable bonds is 3. The number of nitrogens with one attached hydrogen (secondary N) is 1. The summed E-state index contributed by atoms with van der Waals surface area (Å²) in [6.07, 6.45) is 1.19. The van der Waals surface area contributed by atoms with Crippen LogP contribution in [0, 0.1) is 5.92 Å². The molecule has 18 heavy (non-hydrogen) atoms. The third-order valence-electron chi connectivity index (χ3n) is 3.43. The molecule has 1 unspecified atom stereocenters. The molecule has 1 saturated heterocycles. The minimum atomic E-state index is 0.123. The van der Waals surface area contributed by atoms with Gasteiger partial charge in [-0.25, -0.2) is 0 Å². The van der Waals surface area contributed by atoms with E-state index in [0.717, 1.165) is 25.4 Å². The first-order chi connectivity index (χ1) is 8.47. The Morgan fingerprint density at radius 3 is 2.72 bits per heavy atom. The molecule has 3 heteroatoms. The molecule has 1 atom stereocenters. The van der Waals surface area contributed by atoms with Gasteiger partial charge in [-0.15, -0.1) is 0 Å². The molecule has 0 amide bonds. The maximum Gasteiger partial charge on any atom is 0.137 e. The molecule has 1 aliphatic rings. The predicted octanol–water partition coefficient (Wildman–Crippen LogP) is 3.63. The van der Waals surface area contributed by atoms with Crippen LogP contribution in [0.4, 0.5) is 0 Å². The summed E-state index contributed by atoms with van der Waals surface area (Å²) in [7, 11) is 0. The predicted molar refractivity (Wildman–Crippen MR) is 76.6 cm³/mol. The average Bonchev–Trinajstić information content (AvgIpc) is 2.79. The summed E-state index contributed by atoms with van der Waals surface area (Å²) in [6.45, 7) is 9.46. The lowest BCUT2D eigenvalue weighted by molar-refractivity contribution is 0.260. The largest absolute Gasteiger partial charge is 0.492 e. The van der Waals surface area contributed by atoms with Gasteiger partial charge >= 0.3 is 0 Å². The SMILES string of the molecule is CC(C)(C)c1ccc(OCC2CCNC2)c(Cl)c1. The van der Waals surface area contributed by atoms with Crippen LogP contribution >= 0.6 is 11.6 Å². The van der Waals surface area contributed by atoms with Crippen molar-refractivity contribution in [3.8, 4) is 5.75 Å². The van der Waals surface area contributed by atoms with Gasteiger partial charge in [0.15, 0.2) is 0 Å². The van der Waals surface area contributed by atoms with Crippen molar-refractivity contribution < 1.29 is 4.74 Å². The van der Waals surface area contributed by atoms with Gasteiger partial charge in [0.05, 0.1) is 11.6 Å². The lowest BCUT2D eigenvalue weighted by Gasteiger charge is -2.20. The van der Waals surface area contributed by atoms with E-state index in [1.165, 1.54) is 12.0 Å². The van der Waals surface area contributed by atoms with E-state index in [0.29, 0.717) is 10.9 Å². The zero-order chi connectivity index (χ0) is 13.2. The summed E-state index contributed by atoms with van der Waals surface area (Å²) >= 11 is 6.28. The van der Waals surface area contributed by atoms with E-state index in [9.17, 15) is 0 Å². The van der Waals surface area contributed by atoms with Gasteiger partial charge < -0.3 is 10.1 Å². The van der Waals surface area contributed by atoms with E-state index >= 15 is 0 Å². The van der Waals surface area contributed by atoms with E-state index in [1.807, 2.05) is 12.1 Å². The minimum absolute atomic E-state index is 0.123. The van der Waals surface area contributed by atoms with Crippen LogP contribution in [0.5, 0.6) is 5.75 Å². The minimum Gasteiger partial charge on any atom is -0.492 e. The van der Waals surface area contributed by atoms with Gasteiger partial charge in [0, 0.05) is 12.5 Å². The molecule has 1 N–H and O–H groups in total. The Hall–Kier alpha value is -0.730. The topological polar surface area (TPSA) is 21.3 Å². The molecule has 0 saturated carbocycles. The molecule has 1 aromatic rings. The van der Waals surface area contributed by atoms with Crippen molar-refractivity contribution in [1.29, 1.82) is 0 Å². The van der Waals surface area contributed by atoms with Gasteiger partial charge in [0.25, 0.3) is 0 Å². The third kappa shape index (κ3) is 3.39. The van der Waals surface area contributed by atoms with Crippen LogP contribution in [0.3, 0.4) is 0 Å². The van der Waals surface area contributed by atoms with E-state index < -0.39 is 0 Å². The fourth-order valence-electron chi connectivity index (χ4n) is 2.15. The third-order valence-corrected chi connectivity index (χ3v) is 3.73. The van der Waals surface area contributed by atoms with Crippen LogP contribution in [-0.4, -0.2) is 19.7 Å². The Balaban J connectivity index is 2.01. The quantitative estimate of drug-likeness (QED) is 0.903. The standard InChI is InChI=1S/C15H22ClNO/c1-15(2,3)12-4-5-14(13(16)8-12)18-10-11-6-7-17-9-11/h4-5,8,11,17H,6-7,9-10H2,1-3H3. The van der Waals surface area contributed by atoms with Crippen LogP contribution in [-0.2, 0) is 5.41 Å². The summed E-state index contributed by atoms with van der Waals surface area (Å²) < 4.78 is 5.82. The van der Waals surface area contributed by atoms with Crippen LogP contribution in [0.2, 0.25) is 5.02 Å². The van der Waals surface area contributed by atoms with Gasteiger partial charge in [-0.05, 0) is 36.1 Å². The highest BCUT2D eigenvalue weighted by atomic mass is 35.5. The number of benzene rings is 1. The van der Waals surface area contributed by atoms with Crippen molar-refractivity contribution in [2.24, 2.45) is 5.92 Å². The molecular weight excluding hydrogens is 246 g/mol. The zero-order valence-corrected chi connectivity index (χ0v) is 12.2. The normalized spacial score (nSPS) is 20.1. The Labute approximate surface area is 115 Å². The van der Waals surface area contributed by atoms with Crippen LogP contribution < -0.4 is 10.1 Å². The number of hydrogen-bond acceptors (Lipinski definition) is 2. The first-order valence-electron chi connectivity index (χ1n) is 6.60. The Morgan fingerprint density at radius 2 is 2.17 bits per heavy atom. The fraction of sp³-hybridized carbons (Fsp3) is 0.600. The van der Waals surface area contributed by atoms with Crippen LogP contribution in [0.1, 0.15) is 32.8 Å². The molecule has 0 aliphatic carbocycles. The van der Waals surface area contributed by atoms with Gasteiger partial charge in [-0.2, -0.15) is 0 Å². The second-order valence-corrected chi connectivity index (χ2v) is 6.47. The van der Waals surface area contributed by atoms with Gasteiger partial charge in [-0.1, -0.05) is 38.4 Å². The number of hydrogen-bond donors (Lipinski definition) is 1. The molecule has 100 valence electrons. The highest BCUT2D eigenvalue weighted by Gasteiger charge is 2.17. The lowest BCUT2D eigenvalue weighted by Crippen LogP contribution is -2.16. The molecule has 2 nitrogen and oxygen atoms in total. The molecule has 1 aliphatic heterocycles. The highest BCUT2D eigenvalue weighted by Crippen LogP contribution is 2.31. The van der Waals surface area contributed by atoms with E-state index in [4.69, 9.17) is 16.3 Å². The lowest BCUT2D eigenvalue weighted by atomic mass is 9.87. The monoisotopic (exact) mass is 267 g/mol. The van der Waals surface area contributed by atoms with Crippen LogP contribution in [0.25, 0.3) is 0 Å². The molecule has 0 bridgehead atoms. The molecule has 1 fully saturated rings. The van der Waals surface area contributed by atoms with E-state index in [2.05, 4.69) is 32.2 Å². The number of halogens is 1. The smallest absolute Gasteiger partial charge is 0.137 e. The maximum absolute atomic E-state index is 6.28. The number of ether oxygens (including phenoxy) is 1. The molecule has 0 spiro atoms. The second kappa shape index (κ2) is 5.50. The van der Waals surface area contributed by atoms with Crippen molar-refractivity contribution in [3.05, 3.63) is 28.8 Å². The van der Waals surface area contributed by atoms with Crippen molar-refractivity contribution in [2.45, 2.75) is 32.6 Å². The highest BCUT2D eigenvalue weighted by molar-refractivity contribution is 6.32. The Bertz CT molecular complexity index is 405. The van der Waals surface area contributed by atoms with E-state index in [1.54, 1.807) is 0 Å². The summed E-state index contributed by atoms with van der Waals surface area (Å²) in [5, 5.41) is 4.06. The van der Waals surface area contributed by atoms with Crippen molar-refractivity contribution in [2.75, 3.05) is 19.7 Å². The van der Waals surface area contributed by atoms with Gasteiger partial charge in [0.2, 0.25) is 0 Å². The van der Waals surface area contributed by atoms with Gasteiger partial charge in [0.1, 0.15) is 5.75 Å². The average molecular weight is 268 g/mol. The molecule has 1 heterocycles. The fourth-order valence-corrected chi connectivity index (χ4v) is 2.38. The van der Waals surface area contributed by atoms with Crippen LogP contribution in [0.15, 0.2) is 18.2 Å². The summed E-state index contributed by atoms with van der Waals surface area (Å²) in [5.74, 6) is 1.42.